The van der Waals surface area contributed by atoms with Crippen molar-refractivity contribution in [3.8, 4) is 11.5 Å². The van der Waals surface area contributed by atoms with E-state index in [2.05, 4.69) is 14.7 Å². The Morgan fingerprint density at radius 1 is 1.18 bits per heavy atom. The second-order valence-electron chi connectivity index (χ2n) is 6.58. The Morgan fingerprint density at radius 2 is 1.93 bits per heavy atom. The molecule has 3 rings (SSSR count). The van der Waals surface area contributed by atoms with Gasteiger partial charge in [-0.1, -0.05) is 12.1 Å². The van der Waals surface area contributed by atoms with Crippen molar-refractivity contribution < 1.29 is 23.2 Å². The summed E-state index contributed by atoms with van der Waals surface area (Å²) in [7, 11) is 3.37. The number of hydrogen-bond donors (Lipinski definition) is 2. The van der Waals surface area contributed by atoms with E-state index >= 15 is 0 Å². The molecule has 2 atom stereocenters. The van der Waals surface area contributed by atoms with Crippen LogP contribution >= 0.6 is 0 Å². The van der Waals surface area contributed by atoms with Crippen molar-refractivity contribution in [3.05, 3.63) is 64.2 Å². The molecule has 0 aliphatic carbocycles. The second-order valence-corrected chi connectivity index (χ2v) is 6.58. The number of para-hydroxylation sites is 1. The van der Waals surface area contributed by atoms with Gasteiger partial charge < -0.3 is 19.4 Å². The van der Waals surface area contributed by atoms with Gasteiger partial charge in [0, 0.05) is 5.56 Å². The highest BCUT2D eigenvalue weighted by Gasteiger charge is 2.20. The minimum Gasteiger partial charge on any atom is -0.493 e. The summed E-state index contributed by atoms with van der Waals surface area (Å²) in [5.74, 6) is 0.828. The number of methoxy groups -OCH3 is 1. The zero-order valence-electron chi connectivity index (χ0n) is 15.8. The fourth-order valence-corrected chi connectivity index (χ4v) is 3.03. The summed E-state index contributed by atoms with van der Waals surface area (Å²) in [6.45, 7) is -0.374. The zero-order valence-corrected chi connectivity index (χ0v) is 15.8. The van der Waals surface area contributed by atoms with Gasteiger partial charge in [0.15, 0.2) is 17.3 Å². The molecule has 0 radical (unpaired) electrons. The van der Waals surface area contributed by atoms with Gasteiger partial charge in [-0.05, 0) is 37.3 Å². The van der Waals surface area contributed by atoms with Gasteiger partial charge in [-0.3, -0.25) is 4.79 Å². The summed E-state index contributed by atoms with van der Waals surface area (Å²) in [6.07, 6.45) is 0. The van der Waals surface area contributed by atoms with Crippen LogP contribution in [0.4, 0.5) is 8.78 Å². The minimum atomic E-state index is -2.91. The van der Waals surface area contributed by atoms with Crippen LogP contribution in [0.3, 0.4) is 0 Å². The summed E-state index contributed by atoms with van der Waals surface area (Å²) in [4.78, 5) is 20.8. The lowest BCUT2D eigenvalue weighted by Crippen LogP contribution is -3.07. The Hall–Kier alpha value is -3.00. The Balaban J connectivity index is 1.81. The average molecular weight is 390 g/mol. The van der Waals surface area contributed by atoms with E-state index in [1.165, 1.54) is 13.2 Å². The molecule has 0 saturated heterocycles. The Bertz CT molecular complexity index is 1020. The molecule has 0 bridgehead atoms. The maximum absolute atomic E-state index is 12.5. The maximum atomic E-state index is 12.5. The third kappa shape index (κ3) is 4.28. The lowest BCUT2D eigenvalue weighted by atomic mass is 10.1. The highest BCUT2D eigenvalue weighted by molar-refractivity contribution is 5.77. The number of ether oxygens (including phenoxy) is 2. The number of hydrogen-bond acceptors (Lipinski definition) is 4. The molecule has 0 amide bonds. The largest absolute Gasteiger partial charge is 0.493 e. The van der Waals surface area contributed by atoms with Gasteiger partial charge in [0.2, 0.25) is 0 Å². The van der Waals surface area contributed by atoms with Gasteiger partial charge in [-0.15, -0.1) is 0 Å². The summed E-state index contributed by atoms with van der Waals surface area (Å²) in [5, 5.41) is 0.551. The fourth-order valence-electron chi connectivity index (χ4n) is 3.03. The molecule has 0 fully saturated rings. The van der Waals surface area contributed by atoms with Crippen LogP contribution in [0, 0.1) is 0 Å². The fraction of sp³-hybridized carbons (Fsp3) is 0.300. The number of rotatable bonds is 7. The smallest absolute Gasteiger partial charge is 0.387 e. The van der Waals surface area contributed by atoms with Crippen LogP contribution in [0.1, 0.15) is 24.4 Å². The van der Waals surface area contributed by atoms with E-state index in [0.29, 0.717) is 23.3 Å². The molecule has 0 saturated carbocycles. The first kappa shape index (κ1) is 19.8. The van der Waals surface area contributed by atoms with Crippen molar-refractivity contribution in [2.45, 2.75) is 26.1 Å². The van der Waals surface area contributed by atoms with Crippen molar-refractivity contribution >= 4 is 10.9 Å². The molecular weight excluding hydrogens is 368 g/mol. The topological polar surface area (TPSA) is 68.7 Å². The number of aromatic amines is 1. The lowest BCUT2D eigenvalue weighted by molar-refractivity contribution is -0.924. The number of benzene rings is 2. The first-order valence-corrected chi connectivity index (χ1v) is 8.82. The van der Waals surface area contributed by atoms with Crippen LogP contribution in [0.5, 0.6) is 11.5 Å². The highest BCUT2D eigenvalue weighted by atomic mass is 19.3. The van der Waals surface area contributed by atoms with Crippen LogP contribution in [-0.4, -0.2) is 30.7 Å². The molecule has 1 heterocycles. The van der Waals surface area contributed by atoms with E-state index in [4.69, 9.17) is 4.74 Å². The van der Waals surface area contributed by atoms with Gasteiger partial charge in [0.05, 0.1) is 25.1 Å². The maximum Gasteiger partial charge on any atom is 0.387 e. The molecule has 3 aromatic rings. The Labute approximate surface area is 160 Å². The number of nitrogens with zero attached hydrogens (tertiary/aromatic N) is 1. The van der Waals surface area contributed by atoms with Crippen molar-refractivity contribution in [1.82, 2.24) is 9.97 Å². The minimum absolute atomic E-state index is 0.00697. The van der Waals surface area contributed by atoms with Crippen molar-refractivity contribution in [3.63, 3.8) is 0 Å². The molecule has 0 aliphatic heterocycles. The molecule has 8 heteroatoms. The standard InChI is InChI=1S/C20H21F2N3O3/c1-12(18-23-15-7-5-4-6-14(15)19(26)24-18)25(2)11-13-8-9-16(28-20(21)22)17(10-13)27-3/h4-10,12,20H,11H2,1-3H3,(H,23,24,26)/p+1/t12-/m1/s1. The normalized spacial score (nSPS) is 13.5. The SMILES string of the molecule is COc1cc(C[NH+](C)[C@H](C)c2nc3ccccc3c(=O)[nH]2)ccc1OC(F)F. The van der Waals surface area contributed by atoms with E-state index in [0.717, 1.165) is 10.5 Å². The van der Waals surface area contributed by atoms with E-state index in [1.54, 1.807) is 24.3 Å². The van der Waals surface area contributed by atoms with Crippen LogP contribution < -0.4 is 19.9 Å². The first-order chi connectivity index (χ1) is 13.4. The molecule has 2 aromatic carbocycles. The predicted octanol–water partition coefficient (Wildman–Crippen LogP) is 2.31. The van der Waals surface area contributed by atoms with Gasteiger partial charge in [-0.25, -0.2) is 4.98 Å². The summed E-state index contributed by atoms with van der Waals surface area (Å²) in [6, 6.07) is 11.9. The number of aromatic nitrogens is 2. The van der Waals surface area contributed by atoms with Gasteiger partial charge >= 0.3 is 6.61 Å². The zero-order chi connectivity index (χ0) is 20.3. The molecule has 0 spiro atoms. The highest BCUT2D eigenvalue weighted by Crippen LogP contribution is 2.29. The number of nitrogens with one attached hydrogen (secondary N) is 2. The second kappa shape index (κ2) is 8.35. The molecule has 0 aliphatic rings. The number of quaternary nitrogens is 1. The van der Waals surface area contributed by atoms with Crippen molar-refractivity contribution in [1.29, 1.82) is 0 Å². The van der Waals surface area contributed by atoms with E-state index in [-0.39, 0.29) is 23.1 Å². The van der Waals surface area contributed by atoms with Crippen LogP contribution in [0.25, 0.3) is 10.9 Å². The number of halogens is 2. The van der Waals surface area contributed by atoms with E-state index in [1.807, 2.05) is 26.1 Å². The third-order valence-electron chi connectivity index (χ3n) is 4.71. The molecular formula is C20H22F2N3O3+. The molecule has 6 nitrogen and oxygen atoms in total. The monoisotopic (exact) mass is 390 g/mol. The molecule has 148 valence electrons. The van der Waals surface area contributed by atoms with E-state index in [9.17, 15) is 13.6 Å². The molecule has 28 heavy (non-hydrogen) atoms. The van der Waals surface area contributed by atoms with Gasteiger partial charge in [0.25, 0.3) is 5.56 Å². The predicted molar refractivity (Wildman–Crippen MR) is 101 cm³/mol. The van der Waals surface area contributed by atoms with E-state index < -0.39 is 6.61 Å². The van der Waals surface area contributed by atoms with Crippen molar-refractivity contribution in [2.75, 3.05) is 14.2 Å². The number of fused-ring (bicyclic) bond motifs is 1. The lowest BCUT2D eigenvalue weighted by Gasteiger charge is -2.21. The molecule has 1 aromatic heterocycles. The molecule has 1 unspecified atom stereocenters. The first-order valence-electron chi connectivity index (χ1n) is 8.82. The van der Waals surface area contributed by atoms with Crippen LogP contribution in [0.2, 0.25) is 0 Å². The quantitative estimate of drug-likeness (QED) is 0.650. The van der Waals surface area contributed by atoms with Gasteiger partial charge in [0.1, 0.15) is 12.6 Å². The Kier molecular flexibility index (Phi) is 5.89. The molecule has 2 N–H and O–H groups in total. The van der Waals surface area contributed by atoms with Crippen LogP contribution in [0.15, 0.2) is 47.3 Å². The summed E-state index contributed by atoms with van der Waals surface area (Å²) < 4.78 is 34.5. The van der Waals surface area contributed by atoms with Crippen LogP contribution in [-0.2, 0) is 6.54 Å². The van der Waals surface area contributed by atoms with Gasteiger partial charge in [-0.2, -0.15) is 8.78 Å². The number of alkyl halides is 2. The summed E-state index contributed by atoms with van der Waals surface area (Å²) >= 11 is 0. The number of H-pyrrole nitrogens is 1. The third-order valence-corrected chi connectivity index (χ3v) is 4.71. The Morgan fingerprint density at radius 3 is 2.64 bits per heavy atom. The average Bonchev–Trinajstić information content (AvgIpc) is 2.68. The summed E-state index contributed by atoms with van der Waals surface area (Å²) in [5.41, 5.74) is 1.36. The van der Waals surface area contributed by atoms with Crippen molar-refractivity contribution in [2.24, 2.45) is 0 Å².